The Morgan fingerprint density at radius 3 is 2.29 bits per heavy atom. The molecule has 1 atom stereocenters. The molecule has 0 heterocycles. The molecule has 0 saturated heterocycles. The van der Waals surface area contributed by atoms with Crippen LogP contribution in [0.25, 0.3) is 0 Å². The predicted molar refractivity (Wildman–Crippen MR) is 116 cm³/mol. The Hall–Kier alpha value is -2.53. The highest BCUT2D eigenvalue weighted by Crippen LogP contribution is 2.10. The zero-order chi connectivity index (χ0) is 22.9. The van der Waals surface area contributed by atoms with E-state index in [1.54, 1.807) is 38.1 Å². The van der Waals surface area contributed by atoms with E-state index in [4.69, 9.17) is 14.3 Å². The summed E-state index contributed by atoms with van der Waals surface area (Å²) in [6, 6.07) is 6.30. The molecule has 10 heteroatoms. The van der Waals surface area contributed by atoms with E-state index in [-0.39, 0.29) is 37.4 Å². The summed E-state index contributed by atoms with van der Waals surface area (Å²) in [5, 5.41) is 8.36. The quantitative estimate of drug-likeness (QED) is 0.221. The van der Waals surface area contributed by atoms with Crippen LogP contribution in [0.15, 0.2) is 24.3 Å². The molecule has 0 aliphatic heterocycles. The molecular formula is C21H34N4O6. The van der Waals surface area contributed by atoms with Crippen LogP contribution in [0.5, 0.6) is 0 Å². The molecule has 0 bridgehead atoms. The van der Waals surface area contributed by atoms with Gasteiger partial charge < -0.3 is 25.4 Å². The summed E-state index contributed by atoms with van der Waals surface area (Å²) in [7, 11) is 1.85. The third-order valence-electron chi connectivity index (χ3n) is 4.08. The van der Waals surface area contributed by atoms with Gasteiger partial charge >= 0.3 is 0 Å². The van der Waals surface area contributed by atoms with E-state index >= 15 is 0 Å². The standard InChI is InChI=1S/C21H34N4O6/c1-4-19(26)25-31-15-17-5-7-18(8-6-17)24-21(28)16(2)23-20(27)9-11-29-13-14-30-12-10-22-3/h5-8,16,22H,4,9-15H2,1-3H3,(H,23,27)(H,24,28)(H,25,26)/t16-/m0/s1. The Labute approximate surface area is 183 Å². The highest BCUT2D eigenvalue weighted by molar-refractivity contribution is 5.96. The summed E-state index contributed by atoms with van der Waals surface area (Å²) < 4.78 is 10.7. The van der Waals surface area contributed by atoms with E-state index in [9.17, 15) is 14.4 Å². The molecule has 0 unspecified atom stereocenters. The molecule has 0 spiro atoms. The summed E-state index contributed by atoms with van der Waals surface area (Å²) >= 11 is 0. The molecule has 0 saturated carbocycles. The van der Waals surface area contributed by atoms with Crippen molar-refractivity contribution >= 4 is 23.4 Å². The number of hydrogen-bond donors (Lipinski definition) is 4. The molecular weight excluding hydrogens is 404 g/mol. The maximum atomic E-state index is 12.3. The lowest BCUT2D eigenvalue weighted by atomic mass is 10.2. The number of nitrogens with one attached hydrogen (secondary N) is 4. The number of hydrogen-bond acceptors (Lipinski definition) is 7. The second kappa shape index (κ2) is 16.2. The van der Waals surface area contributed by atoms with Gasteiger partial charge in [-0.1, -0.05) is 19.1 Å². The molecule has 10 nitrogen and oxygen atoms in total. The Morgan fingerprint density at radius 2 is 1.65 bits per heavy atom. The van der Waals surface area contributed by atoms with Gasteiger partial charge in [0.1, 0.15) is 6.04 Å². The van der Waals surface area contributed by atoms with Crippen molar-refractivity contribution in [1.29, 1.82) is 0 Å². The number of carbonyl (C=O) groups is 3. The minimum atomic E-state index is -0.690. The van der Waals surface area contributed by atoms with Gasteiger partial charge in [-0.3, -0.25) is 19.2 Å². The molecule has 1 aromatic rings. The molecule has 4 N–H and O–H groups in total. The van der Waals surface area contributed by atoms with Crippen molar-refractivity contribution < 1.29 is 28.7 Å². The molecule has 1 rings (SSSR count). The zero-order valence-corrected chi connectivity index (χ0v) is 18.5. The van der Waals surface area contributed by atoms with Crippen molar-refractivity contribution in [2.24, 2.45) is 0 Å². The van der Waals surface area contributed by atoms with E-state index in [0.29, 0.717) is 31.9 Å². The average Bonchev–Trinajstić information content (AvgIpc) is 2.76. The lowest BCUT2D eigenvalue weighted by molar-refractivity contribution is -0.134. The van der Waals surface area contributed by atoms with Crippen molar-refractivity contribution in [2.75, 3.05) is 45.3 Å². The second-order valence-electron chi connectivity index (χ2n) is 6.72. The highest BCUT2D eigenvalue weighted by Gasteiger charge is 2.15. The van der Waals surface area contributed by atoms with Crippen molar-refractivity contribution in [1.82, 2.24) is 16.1 Å². The number of hydroxylamine groups is 1. The van der Waals surface area contributed by atoms with Crippen LogP contribution >= 0.6 is 0 Å². The first-order valence-corrected chi connectivity index (χ1v) is 10.4. The normalized spacial score (nSPS) is 11.6. The van der Waals surface area contributed by atoms with Crippen molar-refractivity contribution in [2.45, 2.75) is 39.3 Å². The summed E-state index contributed by atoms with van der Waals surface area (Å²) in [5.41, 5.74) is 3.75. The van der Waals surface area contributed by atoms with E-state index in [1.165, 1.54) is 0 Å². The molecule has 0 aliphatic rings. The van der Waals surface area contributed by atoms with Gasteiger partial charge in [-0.2, -0.15) is 0 Å². The van der Waals surface area contributed by atoms with Gasteiger partial charge in [-0.05, 0) is 31.7 Å². The fourth-order valence-electron chi connectivity index (χ4n) is 2.25. The largest absolute Gasteiger partial charge is 0.379 e. The van der Waals surface area contributed by atoms with Gasteiger partial charge in [0.05, 0.1) is 33.0 Å². The maximum absolute atomic E-state index is 12.3. The number of ether oxygens (including phenoxy) is 2. The molecule has 3 amide bonds. The highest BCUT2D eigenvalue weighted by atomic mass is 16.6. The van der Waals surface area contributed by atoms with Crippen molar-refractivity contribution in [3.8, 4) is 0 Å². The first kappa shape index (κ1) is 26.5. The third-order valence-corrected chi connectivity index (χ3v) is 4.08. The lowest BCUT2D eigenvalue weighted by Gasteiger charge is -2.14. The predicted octanol–water partition coefficient (Wildman–Crippen LogP) is 0.730. The van der Waals surface area contributed by atoms with Crippen LogP contribution in [0.4, 0.5) is 5.69 Å². The summed E-state index contributed by atoms with van der Waals surface area (Å²) in [6.07, 6.45) is 0.510. The molecule has 0 aromatic heterocycles. The number of amides is 3. The number of carbonyl (C=O) groups excluding carboxylic acids is 3. The molecule has 0 radical (unpaired) electrons. The van der Waals surface area contributed by atoms with Crippen LogP contribution in [-0.4, -0.2) is 63.8 Å². The summed E-state index contributed by atoms with van der Waals surface area (Å²) in [6.45, 7) is 6.11. The molecule has 31 heavy (non-hydrogen) atoms. The first-order chi connectivity index (χ1) is 15.0. The Bertz CT molecular complexity index is 668. The topological polar surface area (TPSA) is 127 Å². The summed E-state index contributed by atoms with van der Waals surface area (Å²) in [4.78, 5) is 40.4. The maximum Gasteiger partial charge on any atom is 0.246 e. The van der Waals surface area contributed by atoms with Crippen LogP contribution in [0.3, 0.4) is 0 Å². The Kier molecular flexibility index (Phi) is 13.9. The average molecular weight is 439 g/mol. The smallest absolute Gasteiger partial charge is 0.246 e. The summed E-state index contributed by atoms with van der Waals surface area (Å²) in [5.74, 6) is -0.785. The number of anilines is 1. The minimum absolute atomic E-state index is 0.164. The van der Waals surface area contributed by atoms with Crippen LogP contribution < -0.4 is 21.4 Å². The Balaban J connectivity index is 2.22. The third kappa shape index (κ3) is 12.7. The zero-order valence-electron chi connectivity index (χ0n) is 18.5. The van der Waals surface area contributed by atoms with Crippen LogP contribution in [0.2, 0.25) is 0 Å². The molecule has 174 valence electrons. The molecule has 0 fully saturated rings. The number of benzene rings is 1. The van der Waals surface area contributed by atoms with E-state index in [1.807, 2.05) is 7.05 Å². The lowest BCUT2D eigenvalue weighted by Crippen LogP contribution is -2.41. The van der Waals surface area contributed by atoms with Crippen LogP contribution in [-0.2, 0) is 35.3 Å². The number of likely N-dealkylation sites (N-methyl/N-ethyl adjacent to an activating group) is 1. The first-order valence-electron chi connectivity index (χ1n) is 10.4. The fraction of sp³-hybridized carbons (Fsp3) is 0.571. The van der Waals surface area contributed by atoms with Gasteiger partial charge in [-0.15, -0.1) is 0 Å². The SMILES string of the molecule is CCC(=O)NOCc1ccc(NC(=O)[C@H](C)NC(=O)CCOCCOCCNC)cc1. The van der Waals surface area contributed by atoms with Crippen LogP contribution in [0, 0.1) is 0 Å². The Morgan fingerprint density at radius 1 is 0.968 bits per heavy atom. The van der Waals surface area contributed by atoms with E-state index < -0.39 is 6.04 Å². The van der Waals surface area contributed by atoms with E-state index in [2.05, 4.69) is 21.4 Å². The van der Waals surface area contributed by atoms with Crippen LogP contribution in [0.1, 0.15) is 32.3 Å². The molecule has 0 aliphatic carbocycles. The van der Waals surface area contributed by atoms with Crippen molar-refractivity contribution in [3.05, 3.63) is 29.8 Å². The van der Waals surface area contributed by atoms with Gasteiger partial charge in [0.2, 0.25) is 17.7 Å². The van der Waals surface area contributed by atoms with E-state index in [0.717, 1.165) is 12.1 Å². The number of rotatable bonds is 16. The van der Waals surface area contributed by atoms with Gasteiger partial charge in [0.25, 0.3) is 0 Å². The fourth-order valence-corrected chi connectivity index (χ4v) is 2.25. The van der Waals surface area contributed by atoms with Gasteiger partial charge in [-0.25, -0.2) is 5.48 Å². The molecule has 1 aromatic carbocycles. The van der Waals surface area contributed by atoms with Gasteiger partial charge in [0, 0.05) is 25.1 Å². The monoisotopic (exact) mass is 438 g/mol. The second-order valence-corrected chi connectivity index (χ2v) is 6.72. The minimum Gasteiger partial charge on any atom is -0.379 e. The van der Waals surface area contributed by atoms with Crippen molar-refractivity contribution in [3.63, 3.8) is 0 Å². The van der Waals surface area contributed by atoms with Gasteiger partial charge in [0.15, 0.2) is 0 Å².